The van der Waals surface area contributed by atoms with Crippen molar-refractivity contribution in [3.8, 4) is 17.1 Å². The van der Waals surface area contributed by atoms with Gasteiger partial charge in [0.05, 0.1) is 26.1 Å². The number of sulfonamides is 1. The van der Waals surface area contributed by atoms with E-state index in [0.29, 0.717) is 88.6 Å². The summed E-state index contributed by atoms with van der Waals surface area (Å²) in [4.78, 5) is 26.7. The second-order valence-electron chi connectivity index (χ2n) is 10.1. The van der Waals surface area contributed by atoms with E-state index in [0.717, 1.165) is 17.1 Å². The number of piperazine rings is 1. The summed E-state index contributed by atoms with van der Waals surface area (Å²) in [5.41, 5.74) is 2.89. The molecule has 0 spiro atoms. The summed E-state index contributed by atoms with van der Waals surface area (Å²) in [7, 11) is -3.22. The lowest BCUT2D eigenvalue weighted by Gasteiger charge is -2.34. The molecule has 0 saturated carbocycles. The number of carbonyl (C=O) groups excluding carboxylic acids is 1. The molecule has 0 aliphatic carbocycles. The van der Waals surface area contributed by atoms with E-state index in [1.807, 2.05) is 61.5 Å². The molecule has 42 heavy (non-hydrogen) atoms. The Bertz CT molecular complexity index is 1460. The van der Waals surface area contributed by atoms with Gasteiger partial charge in [-0.15, -0.1) is 0 Å². The minimum absolute atomic E-state index is 0.334. The summed E-state index contributed by atoms with van der Waals surface area (Å²) >= 11 is 0. The van der Waals surface area contributed by atoms with Crippen molar-refractivity contribution in [3.63, 3.8) is 0 Å². The van der Waals surface area contributed by atoms with Gasteiger partial charge in [0.1, 0.15) is 5.69 Å². The molecule has 2 fully saturated rings. The van der Waals surface area contributed by atoms with Crippen LogP contribution >= 0.6 is 0 Å². The highest BCUT2D eigenvalue weighted by atomic mass is 32.2. The molecule has 5 rings (SSSR count). The first kappa shape index (κ1) is 29.7. The van der Waals surface area contributed by atoms with E-state index in [9.17, 15) is 13.2 Å². The fraction of sp³-hybridized carbons (Fsp3) is 0.414. The molecular weight excluding hydrogens is 558 g/mol. The first-order chi connectivity index (χ1) is 20.3. The van der Waals surface area contributed by atoms with E-state index in [1.54, 1.807) is 0 Å². The molecule has 2 amide bonds. The predicted molar refractivity (Wildman–Crippen MR) is 162 cm³/mol. The van der Waals surface area contributed by atoms with Crippen molar-refractivity contribution in [1.82, 2.24) is 19.2 Å². The molecule has 0 bridgehead atoms. The average molecular weight is 596 g/mol. The molecule has 12 nitrogen and oxygen atoms in total. The number of hydrogen-bond acceptors (Lipinski definition) is 9. The van der Waals surface area contributed by atoms with Crippen LogP contribution < -0.4 is 20.3 Å². The van der Waals surface area contributed by atoms with E-state index < -0.39 is 10.0 Å². The van der Waals surface area contributed by atoms with Crippen LogP contribution in [0.25, 0.3) is 11.4 Å². The van der Waals surface area contributed by atoms with Crippen LogP contribution in [0.4, 0.5) is 22.0 Å². The molecule has 2 aliphatic rings. The summed E-state index contributed by atoms with van der Waals surface area (Å²) in [5, 5.41) is 5.66. The zero-order chi connectivity index (χ0) is 29.5. The topological polar surface area (TPSA) is 129 Å². The van der Waals surface area contributed by atoms with Crippen LogP contribution in [-0.2, 0) is 21.3 Å². The molecule has 224 valence electrons. The molecule has 0 unspecified atom stereocenters. The minimum atomic E-state index is -3.22. The Balaban J connectivity index is 1.40. The van der Waals surface area contributed by atoms with Crippen molar-refractivity contribution < 1.29 is 22.7 Å². The normalized spacial score (nSPS) is 16.7. The van der Waals surface area contributed by atoms with Crippen LogP contribution in [0.5, 0.6) is 5.75 Å². The average Bonchev–Trinajstić information content (AvgIpc) is 2.99. The third-order valence-corrected chi connectivity index (χ3v) is 8.43. The van der Waals surface area contributed by atoms with Crippen molar-refractivity contribution in [2.45, 2.75) is 13.5 Å². The minimum Gasteiger partial charge on any atom is -0.488 e. The Hall–Kier alpha value is -3.78. The Kier molecular flexibility index (Phi) is 9.52. The largest absolute Gasteiger partial charge is 0.488 e. The second-order valence-corrected chi connectivity index (χ2v) is 12.1. The number of hydrogen-bond donors (Lipinski definition) is 2. The lowest BCUT2D eigenvalue weighted by Crippen LogP contribution is -2.48. The lowest BCUT2D eigenvalue weighted by atomic mass is 10.1. The number of nitrogens with one attached hydrogen (secondary N) is 2. The molecule has 2 aromatic carbocycles. The molecule has 2 saturated heterocycles. The molecule has 0 atom stereocenters. The summed E-state index contributed by atoms with van der Waals surface area (Å²) < 4.78 is 37.2. The third-order valence-electron chi connectivity index (χ3n) is 7.12. The van der Waals surface area contributed by atoms with E-state index in [2.05, 4.69) is 20.4 Å². The molecule has 3 heterocycles. The van der Waals surface area contributed by atoms with Gasteiger partial charge in [-0.05, 0) is 43.3 Å². The van der Waals surface area contributed by atoms with Gasteiger partial charge in [0.25, 0.3) is 0 Å². The SMILES string of the molecule is CCOc1c(CN2CCN(S(C)(=O)=O)CC2)nc(-c2ccc(NC(=O)Nc3ccccc3)cc2)nc1N1CCOCC1. The summed E-state index contributed by atoms with van der Waals surface area (Å²) in [6.07, 6.45) is 1.25. The van der Waals surface area contributed by atoms with Crippen LogP contribution in [-0.4, -0.2) is 99.0 Å². The maximum absolute atomic E-state index is 12.4. The number of urea groups is 1. The number of amides is 2. The highest BCUT2D eigenvalue weighted by molar-refractivity contribution is 7.88. The number of rotatable bonds is 9. The van der Waals surface area contributed by atoms with Crippen molar-refractivity contribution in [2.24, 2.45) is 0 Å². The van der Waals surface area contributed by atoms with Crippen molar-refractivity contribution in [3.05, 3.63) is 60.3 Å². The van der Waals surface area contributed by atoms with Gasteiger partial charge in [-0.25, -0.2) is 23.2 Å². The monoisotopic (exact) mass is 595 g/mol. The van der Waals surface area contributed by atoms with Crippen LogP contribution in [0, 0.1) is 0 Å². The lowest BCUT2D eigenvalue weighted by molar-refractivity contribution is 0.122. The van der Waals surface area contributed by atoms with E-state index in [4.69, 9.17) is 19.4 Å². The van der Waals surface area contributed by atoms with Crippen LogP contribution in [0.3, 0.4) is 0 Å². The van der Waals surface area contributed by atoms with Gasteiger partial charge in [-0.3, -0.25) is 4.90 Å². The highest BCUT2D eigenvalue weighted by Gasteiger charge is 2.27. The molecule has 13 heteroatoms. The quantitative estimate of drug-likeness (QED) is 0.383. The van der Waals surface area contributed by atoms with Gasteiger partial charge in [0.15, 0.2) is 17.4 Å². The van der Waals surface area contributed by atoms with Crippen LogP contribution in [0.1, 0.15) is 12.6 Å². The number of anilines is 3. The third kappa shape index (κ3) is 7.53. The maximum atomic E-state index is 12.4. The zero-order valence-electron chi connectivity index (χ0n) is 24.0. The van der Waals surface area contributed by atoms with Gasteiger partial charge in [-0.2, -0.15) is 4.31 Å². The zero-order valence-corrected chi connectivity index (χ0v) is 24.8. The molecule has 0 radical (unpaired) electrons. The molecule has 1 aromatic heterocycles. The summed E-state index contributed by atoms with van der Waals surface area (Å²) in [6, 6.07) is 16.3. The first-order valence-corrected chi connectivity index (χ1v) is 15.9. The van der Waals surface area contributed by atoms with Gasteiger partial charge in [0.2, 0.25) is 10.0 Å². The van der Waals surface area contributed by atoms with Crippen molar-refractivity contribution in [2.75, 3.05) is 80.9 Å². The Labute approximate surface area is 246 Å². The molecule has 2 N–H and O–H groups in total. The predicted octanol–water partition coefficient (Wildman–Crippen LogP) is 3.10. The second kappa shape index (κ2) is 13.5. The number of benzene rings is 2. The molecule has 2 aliphatic heterocycles. The van der Waals surface area contributed by atoms with Gasteiger partial charge in [0, 0.05) is 62.8 Å². The van der Waals surface area contributed by atoms with Gasteiger partial charge >= 0.3 is 6.03 Å². The van der Waals surface area contributed by atoms with Crippen molar-refractivity contribution in [1.29, 1.82) is 0 Å². The summed E-state index contributed by atoms with van der Waals surface area (Å²) in [6.45, 7) is 7.51. The van der Waals surface area contributed by atoms with E-state index >= 15 is 0 Å². The Morgan fingerprint density at radius 3 is 2.17 bits per heavy atom. The van der Waals surface area contributed by atoms with Gasteiger partial charge < -0.3 is 25.0 Å². The van der Waals surface area contributed by atoms with E-state index in [1.165, 1.54) is 10.6 Å². The summed E-state index contributed by atoms with van der Waals surface area (Å²) in [5.74, 6) is 1.91. The number of nitrogens with zero attached hydrogens (tertiary/aromatic N) is 5. The van der Waals surface area contributed by atoms with Crippen LogP contribution in [0.15, 0.2) is 54.6 Å². The number of carbonyl (C=O) groups is 1. The standard InChI is InChI=1S/C29H37N7O5S/c1-3-41-26-25(21-34-13-15-36(16-14-34)42(2,38)39)32-27(33-28(26)35-17-19-40-20-18-35)22-9-11-24(12-10-22)31-29(37)30-23-7-5-4-6-8-23/h4-12H,3,13-21H2,1-2H3,(H2,30,31,37). The fourth-order valence-corrected chi connectivity index (χ4v) is 5.78. The molecular formula is C29H37N7O5S. The molecule has 3 aromatic rings. The first-order valence-electron chi connectivity index (χ1n) is 14.1. The highest BCUT2D eigenvalue weighted by Crippen LogP contribution is 2.34. The Morgan fingerprint density at radius 1 is 0.905 bits per heavy atom. The number of aromatic nitrogens is 2. The van der Waals surface area contributed by atoms with Crippen LogP contribution in [0.2, 0.25) is 0 Å². The Morgan fingerprint density at radius 2 is 1.55 bits per heavy atom. The van der Waals surface area contributed by atoms with E-state index in [-0.39, 0.29) is 6.03 Å². The maximum Gasteiger partial charge on any atom is 0.323 e. The number of para-hydroxylation sites is 1. The fourth-order valence-electron chi connectivity index (χ4n) is 4.95. The number of ether oxygens (including phenoxy) is 2. The van der Waals surface area contributed by atoms with Gasteiger partial charge in [-0.1, -0.05) is 18.2 Å². The number of morpholine rings is 1. The smallest absolute Gasteiger partial charge is 0.323 e. The van der Waals surface area contributed by atoms with Crippen molar-refractivity contribution >= 4 is 33.2 Å².